The molecule has 0 aliphatic carbocycles. The molecule has 0 aromatic carbocycles. The molecule has 0 saturated carbocycles. The molecule has 0 heterocycles. The first-order valence-electron chi connectivity index (χ1n) is 35.5. The van der Waals surface area contributed by atoms with E-state index in [4.69, 9.17) is 37.0 Å². The highest BCUT2D eigenvalue weighted by Crippen LogP contribution is 2.45. The van der Waals surface area contributed by atoms with Crippen molar-refractivity contribution < 1.29 is 80.2 Å². The van der Waals surface area contributed by atoms with Crippen LogP contribution in [0.1, 0.15) is 343 Å². The highest BCUT2D eigenvalue weighted by Gasteiger charge is 2.30. The van der Waals surface area contributed by atoms with Gasteiger partial charge in [0.1, 0.15) is 19.3 Å². The number of rotatable bonds is 67. The minimum absolute atomic E-state index is 0.103. The summed E-state index contributed by atoms with van der Waals surface area (Å²) in [6.45, 7) is 9.49. The van der Waals surface area contributed by atoms with Crippen molar-refractivity contribution in [3.05, 3.63) is 0 Å². The van der Waals surface area contributed by atoms with Crippen LogP contribution in [0.3, 0.4) is 0 Å². The van der Waals surface area contributed by atoms with Gasteiger partial charge in [-0.3, -0.25) is 37.3 Å². The van der Waals surface area contributed by atoms with Gasteiger partial charge < -0.3 is 33.8 Å². The first-order valence-corrected chi connectivity index (χ1v) is 38.5. The number of phosphoric ester groups is 2. The summed E-state index contributed by atoms with van der Waals surface area (Å²) in [7, 11) is -9.89. The van der Waals surface area contributed by atoms with Gasteiger partial charge in [-0.25, -0.2) is 9.13 Å². The maximum absolute atomic E-state index is 13.0. The van der Waals surface area contributed by atoms with Crippen LogP contribution in [-0.2, 0) is 65.4 Å². The molecule has 17 nitrogen and oxygen atoms in total. The van der Waals surface area contributed by atoms with E-state index in [1.165, 1.54) is 161 Å². The van der Waals surface area contributed by atoms with Gasteiger partial charge in [0.25, 0.3) is 0 Å². The molecule has 0 aliphatic heterocycles. The Balaban J connectivity index is 5.22. The van der Waals surface area contributed by atoms with E-state index in [-0.39, 0.29) is 25.7 Å². The zero-order valence-corrected chi connectivity index (χ0v) is 58.1. The number of carbonyl (C=O) groups is 4. The third-order valence-corrected chi connectivity index (χ3v) is 18.0. The molecule has 0 amide bonds. The van der Waals surface area contributed by atoms with Crippen LogP contribution in [0.4, 0.5) is 0 Å². The van der Waals surface area contributed by atoms with Crippen molar-refractivity contribution in [1.82, 2.24) is 0 Å². The molecule has 0 fully saturated rings. The van der Waals surface area contributed by atoms with E-state index in [1.54, 1.807) is 0 Å². The van der Waals surface area contributed by atoms with E-state index in [2.05, 4.69) is 41.5 Å². The number of hydrogen-bond acceptors (Lipinski definition) is 15. The Morgan fingerprint density at radius 3 is 0.874 bits per heavy atom. The van der Waals surface area contributed by atoms with Crippen molar-refractivity contribution in [2.45, 2.75) is 362 Å². The number of aliphatic hydroxyl groups is 1. The summed E-state index contributed by atoms with van der Waals surface area (Å²) >= 11 is 0. The van der Waals surface area contributed by atoms with E-state index in [0.29, 0.717) is 25.7 Å². The molecule has 0 aliphatic rings. The van der Waals surface area contributed by atoms with Gasteiger partial charge in [0, 0.05) is 25.7 Å². The van der Waals surface area contributed by atoms with Crippen LogP contribution in [0.25, 0.3) is 0 Å². The number of hydrogen-bond donors (Lipinski definition) is 3. The largest absolute Gasteiger partial charge is 0.472 e. The number of carbonyl (C=O) groups excluding carboxylic acids is 4. The Morgan fingerprint density at radius 2 is 0.586 bits per heavy atom. The van der Waals surface area contributed by atoms with Crippen molar-refractivity contribution in [1.29, 1.82) is 0 Å². The normalized spacial score (nSPS) is 14.5. The van der Waals surface area contributed by atoms with Crippen LogP contribution in [0.15, 0.2) is 0 Å². The lowest BCUT2D eigenvalue weighted by atomic mass is 10.00. The topological polar surface area (TPSA) is 237 Å². The standard InChI is InChI=1S/C68H132O17P2/c1-7-10-12-14-16-18-23-28-32-39-45-51-66(71)79-56-63(84-67(72)52-46-40-33-29-25-22-20-19-21-24-27-30-36-42-48-60(4)5)58-82-86(74,75)80-54-62(69)55-81-87(76,77)83-59-64(57-78-65(70)50-44-38-31-26-17-15-13-11-8-2)85-68(73)53-47-41-35-34-37-43-49-61(6)9-3/h60-64,69H,7-59H2,1-6H3,(H,74,75)(H,76,77)/t61?,62-,63-,64-/m1/s1. The van der Waals surface area contributed by atoms with Crippen LogP contribution < -0.4 is 0 Å². The van der Waals surface area contributed by atoms with E-state index in [0.717, 1.165) is 102 Å². The molecule has 516 valence electrons. The molecule has 0 bridgehead atoms. The maximum Gasteiger partial charge on any atom is 0.472 e. The lowest BCUT2D eigenvalue weighted by Crippen LogP contribution is -2.30. The quantitative estimate of drug-likeness (QED) is 0.0222. The lowest BCUT2D eigenvalue weighted by Gasteiger charge is -2.21. The number of ether oxygens (including phenoxy) is 4. The Morgan fingerprint density at radius 1 is 0.333 bits per heavy atom. The van der Waals surface area contributed by atoms with Crippen LogP contribution in [0, 0.1) is 11.8 Å². The van der Waals surface area contributed by atoms with Gasteiger partial charge in [-0.2, -0.15) is 0 Å². The van der Waals surface area contributed by atoms with Crippen molar-refractivity contribution in [2.24, 2.45) is 11.8 Å². The highest BCUT2D eigenvalue weighted by molar-refractivity contribution is 7.47. The van der Waals surface area contributed by atoms with Crippen molar-refractivity contribution in [3.8, 4) is 0 Å². The summed E-state index contributed by atoms with van der Waals surface area (Å²) in [5.74, 6) is -0.615. The fourth-order valence-electron chi connectivity index (χ4n) is 10.2. The van der Waals surface area contributed by atoms with Gasteiger partial charge in [-0.1, -0.05) is 292 Å². The molecule has 3 N–H and O–H groups in total. The molecule has 0 spiro atoms. The Hall–Kier alpha value is -1.94. The predicted molar refractivity (Wildman–Crippen MR) is 349 cm³/mol. The minimum Gasteiger partial charge on any atom is -0.462 e. The second-order valence-corrected chi connectivity index (χ2v) is 28.2. The van der Waals surface area contributed by atoms with E-state index < -0.39 is 97.5 Å². The average Bonchev–Trinajstić information content (AvgIpc) is 3.57. The summed E-state index contributed by atoms with van der Waals surface area (Å²) in [5.41, 5.74) is 0. The third kappa shape index (κ3) is 61.3. The zero-order valence-electron chi connectivity index (χ0n) is 56.3. The Bertz CT molecular complexity index is 1700. The first kappa shape index (κ1) is 85.1. The lowest BCUT2D eigenvalue weighted by molar-refractivity contribution is -0.161. The van der Waals surface area contributed by atoms with Crippen molar-refractivity contribution in [2.75, 3.05) is 39.6 Å². The fraction of sp³-hybridized carbons (Fsp3) is 0.941. The molecule has 19 heteroatoms. The van der Waals surface area contributed by atoms with Crippen LogP contribution in [-0.4, -0.2) is 96.7 Å². The summed E-state index contributed by atoms with van der Waals surface area (Å²) in [4.78, 5) is 72.4. The number of aliphatic hydroxyl groups excluding tert-OH is 1. The van der Waals surface area contributed by atoms with E-state index >= 15 is 0 Å². The molecular weight excluding hydrogens is 1150 g/mol. The van der Waals surface area contributed by atoms with Crippen molar-refractivity contribution in [3.63, 3.8) is 0 Å². The summed E-state index contributed by atoms with van der Waals surface area (Å²) in [6.07, 6.45) is 44.4. The Labute approximate surface area is 530 Å². The molecule has 0 radical (unpaired) electrons. The highest BCUT2D eigenvalue weighted by atomic mass is 31.2. The second-order valence-electron chi connectivity index (χ2n) is 25.3. The average molecular weight is 1280 g/mol. The van der Waals surface area contributed by atoms with E-state index in [9.17, 15) is 43.2 Å². The first-order chi connectivity index (χ1) is 41.9. The van der Waals surface area contributed by atoms with Gasteiger partial charge in [0.2, 0.25) is 0 Å². The Kier molecular flexibility index (Phi) is 59.0. The van der Waals surface area contributed by atoms with E-state index in [1.807, 2.05) is 0 Å². The number of unbranched alkanes of at least 4 members (excludes halogenated alkanes) is 36. The van der Waals surface area contributed by atoms with Crippen LogP contribution in [0.5, 0.6) is 0 Å². The second kappa shape index (κ2) is 60.3. The molecule has 0 saturated heterocycles. The summed E-state index contributed by atoms with van der Waals surface area (Å²) < 4.78 is 68.1. The number of esters is 4. The van der Waals surface area contributed by atoms with Gasteiger partial charge in [0.05, 0.1) is 26.4 Å². The molecule has 87 heavy (non-hydrogen) atoms. The predicted octanol–water partition coefficient (Wildman–Crippen LogP) is 19.2. The third-order valence-electron chi connectivity index (χ3n) is 16.1. The minimum atomic E-state index is -4.95. The fourth-order valence-corrected chi connectivity index (χ4v) is 11.8. The van der Waals surface area contributed by atoms with Gasteiger partial charge in [0.15, 0.2) is 12.2 Å². The maximum atomic E-state index is 13.0. The molecular formula is C68H132O17P2. The monoisotopic (exact) mass is 1280 g/mol. The van der Waals surface area contributed by atoms with Crippen molar-refractivity contribution >= 4 is 39.5 Å². The molecule has 3 unspecified atom stereocenters. The number of phosphoric acid groups is 2. The van der Waals surface area contributed by atoms with Crippen LogP contribution >= 0.6 is 15.6 Å². The van der Waals surface area contributed by atoms with Gasteiger partial charge in [-0.05, 0) is 37.5 Å². The molecule has 0 aromatic rings. The smallest absolute Gasteiger partial charge is 0.462 e. The zero-order chi connectivity index (χ0) is 64.3. The van der Waals surface area contributed by atoms with Gasteiger partial charge >= 0.3 is 39.5 Å². The van der Waals surface area contributed by atoms with Gasteiger partial charge in [-0.15, -0.1) is 0 Å². The SMILES string of the molecule is CCCCCCCCCCCCCC(=O)OC[C@H](COP(=O)(O)OC[C@@H](O)COP(=O)(O)OC[C@@H](COC(=O)CCCCCCCCCCC)OC(=O)CCCCCCCCC(C)CC)OC(=O)CCCCCCCCCCCCCCCCC(C)C. The molecule has 6 atom stereocenters. The van der Waals surface area contributed by atoms with Crippen LogP contribution in [0.2, 0.25) is 0 Å². The summed E-state index contributed by atoms with van der Waals surface area (Å²) in [6, 6.07) is 0. The molecule has 0 aromatic heterocycles. The molecule has 0 rings (SSSR count). The summed E-state index contributed by atoms with van der Waals surface area (Å²) in [5, 5.41) is 10.6.